The van der Waals surface area contributed by atoms with E-state index in [0.29, 0.717) is 17.3 Å². The molecule has 0 spiro atoms. The number of para-hydroxylation sites is 1. The van der Waals surface area contributed by atoms with Crippen LogP contribution in [0.5, 0.6) is 0 Å². The lowest BCUT2D eigenvalue weighted by Gasteiger charge is -2.25. The third kappa shape index (κ3) is 6.65. The van der Waals surface area contributed by atoms with Crippen molar-refractivity contribution in [2.45, 2.75) is 10.6 Å². The lowest BCUT2D eigenvalue weighted by atomic mass is 10.2. The summed E-state index contributed by atoms with van der Waals surface area (Å²) in [7, 11) is -3.97. The topological polar surface area (TPSA) is 66.5 Å². The minimum absolute atomic E-state index is 0.0891. The van der Waals surface area contributed by atoms with Gasteiger partial charge in [0.2, 0.25) is 5.91 Å². The number of hydrogen-bond donors (Lipinski definition) is 1. The van der Waals surface area contributed by atoms with Crippen LogP contribution in [0.15, 0.2) is 83.8 Å². The molecule has 0 heterocycles. The fourth-order valence-electron chi connectivity index (χ4n) is 2.89. The number of nitrogens with one attached hydrogen (secondary N) is 1. The van der Waals surface area contributed by atoms with Crippen LogP contribution in [0.25, 0.3) is 0 Å². The molecular weight excluding hydrogens is 487 g/mol. The average Bonchev–Trinajstić information content (AvgIpc) is 2.79. The molecule has 168 valence electrons. The summed E-state index contributed by atoms with van der Waals surface area (Å²) in [4.78, 5) is 12.7. The van der Waals surface area contributed by atoms with Gasteiger partial charge in [-0.2, -0.15) is 11.8 Å². The maximum Gasteiger partial charge on any atom is 0.264 e. The normalized spacial score (nSPS) is 11.2. The molecule has 0 atom stereocenters. The molecule has 0 aliphatic rings. The first kappa shape index (κ1) is 24.5. The number of carbonyl (C=O) groups excluding carboxylic acids is 1. The van der Waals surface area contributed by atoms with E-state index in [2.05, 4.69) is 5.32 Å². The SMILES string of the molecule is O=C(CN(c1ccccc1Cl)S(=O)(=O)c1ccccc1)NCCSCc1ccc(Cl)cc1. The average molecular weight is 509 g/mol. The van der Waals surface area contributed by atoms with Crippen LogP contribution in [-0.4, -0.2) is 33.2 Å². The van der Waals surface area contributed by atoms with Crippen LogP contribution < -0.4 is 9.62 Å². The van der Waals surface area contributed by atoms with E-state index in [4.69, 9.17) is 23.2 Å². The largest absolute Gasteiger partial charge is 0.354 e. The van der Waals surface area contributed by atoms with E-state index in [0.717, 1.165) is 15.6 Å². The molecule has 0 saturated carbocycles. The van der Waals surface area contributed by atoms with Gasteiger partial charge in [0.05, 0.1) is 15.6 Å². The molecule has 5 nitrogen and oxygen atoms in total. The molecule has 32 heavy (non-hydrogen) atoms. The van der Waals surface area contributed by atoms with Crippen LogP contribution in [0.3, 0.4) is 0 Å². The molecular formula is C23H22Cl2N2O3S2. The number of benzene rings is 3. The third-order valence-corrected chi connectivity index (χ3v) is 7.87. The number of hydrogen-bond acceptors (Lipinski definition) is 4. The summed E-state index contributed by atoms with van der Waals surface area (Å²) in [5.74, 6) is 1.07. The van der Waals surface area contributed by atoms with E-state index in [-0.39, 0.29) is 22.2 Å². The first-order chi connectivity index (χ1) is 15.4. The predicted molar refractivity (Wildman–Crippen MR) is 133 cm³/mol. The Morgan fingerprint density at radius 2 is 1.56 bits per heavy atom. The van der Waals surface area contributed by atoms with Gasteiger partial charge in [-0.3, -0.25) is 9.10 Å². The Morgan fingerprint density at radius 1 is 0.906 bits per heavy atom. The van der Waals surface area contributed by atoms with Crippen LogP contribution in [-0.2, 0) is 20.6 Å². The Bertz CT molecular complexity index is 1140. The first-order valence-corrected chi connectivity index (χ1v) is 13.1. The van der Waals surface area contributed by atoms with E-state index in [9.17, 15) is 13.2 Å². The van der Waals surface area contributed by atoms with Crippen molar-refractivity contribution in [2.75, 3.05) is 23.1 Å². The summed E-state index contributed by atoms with van der Waals surface area (Å²) in [5.41, 5.74) is 1.40. The number of carbonyl (C=O) groups is 1. The number of sulfonamides is 1. The standard InChI is InChI=1S/C23H22Cl2N2O3S2/c24-19-12-10-18(11-13-19)17-31-15-14-26-23(28)16-27(22-9-5-4-8-21(22)25)32(29,30)20-6-2-1-3-7-20/h1-13H,14-17H2,(H,26,28). The molecule has 3 aromatic carbocycles. The quantitative estimate of drug-likeness (QED) is 0.380. The summed E-state index contributed by atoms with van der Waals surface area (Å²) in [5, 5.41) is 3.73. The number of nitrogens with zero attached hydrogens (tertiary/aromatic N) is 1. The Kier molecular flexibility index (Phi) is 8.87. The molecule has 0 saturated heterocycles. The molecule has 0 radical (unpaired) electrons. The summed E-state index contributed by atoms with van der Waals surface area (Å²) >= 11 is 13.8. The zero-order valence-corrected chi connectivity index (χ0v) is 20.2. The van der Waals surface area contributed by atoms with Gasteiger partial charge in [0.25, 0.3) is 10.0 Å². The van der Waals surface area contributed by atoms with Crippen molar-refractivity contribution in [1.29, 1.82) is 0 Å². The van der Waals surface area contributed by atoms with Crippen molar-refractivity contribution in [3.63, 3.8) is 0 Å². The van der Waals surface area contributed by atoms with Gasteiger partial charge in [0, 0.05) is 23.1 Å². The molecule has 0 aliphatic heterocycles. The second kappa shape index (κ2) is 11.6. The molecule has 3 aromatic rings. The van der Waals surface area contributed by atoms with Crippen LogP contribution >= 0.6 is 35.0 Å². The Morgan fingerprint density at radius 3 is 2.25 bits per heavy atom. The van der Waals surface area contributed by atoms with Crippen molar-refractivity contribution >= 4 is 56.6 Å². The van der Waals surface area contributed by atoms with Crippen molar-refractivity contribution < 1.29 is 13.2 Å². The smallest absolute Gasteiger partial charge is 0.264 e. The highest BCUT2D eigenvalue weighted by atomic mass is 35.5. The molecule has 3 rings (SSSR count). The van der Waals surface area contributed by atoms with E-state index in [1.54, 1.807) is 54.2 Å². The van der Waals surface area contributed by atoms with Gasteiger partial charge >= 0.3 is 0 Å². The number of halogens is 2. The van der Waals surface area contributed by atoms with Crippen molar-refractivity contribution in [2.24, 2.45) is 0 Å². The first-order valence-electron chi connectivity index (χ1n) is 9.79. The zero-order chi connectivity index (χ0) is 23.0. The molecule has 0 bridgehead atoms. The molecule has 0 unspecified atom stereocenters. The molecule has 0 fully saturated rings. The van der Waals surface area contributed by atoms with Gasteiger partial charge in [0.15, 0.2) is 0 Å². The third-order valence-electron chi connectivity index (χ3n) is 4.49. The van der Waals surface area contributed by atoms with Gasteiger partial charge in [-0.05, 0) is 42.0 Å². The lowest BCUT2D eigenvalue weighted by Crippen LogP contribution is -2.41. The molecule has 0 aliphatic carbocycles. The lowest BCUT2D eigenvalue weighted by molar-refractivity contribution is -0.119. The Hall–Kier alpha value is -2.19. The summed E-state index contributed by atoms with van der Waals surface area (Å²) in [6.07, 6.45) is 0. The number of thioether (sulfide) groups is 1. The number of rotatable bonds is 10. The predicted octanol–water partition coefficient (Wildman–Crippen LogP) is 5.24. The van der Waals surface area contributed by atoms with E-state index in [1.165, 1.54) is 12.1 Å². The van der Waals surface area contributed by atoms with Crippen LogP contribution in [0.4, 0.5) is 5.69 Å². The second-order valence-electron chi connectivity index (χ2n) is 6.81. The van der Waals surface area contributed by atoms with Crippen LogP contribution in [0, 0.1) is 0 Å². The Labute approximate surface area is 202 Å². The van der Waals surface area contributed by atoms with Gasteiger partial charge in [-0.25, -0.2) is 8.42 Å². The van der Waals surface area contributed by atoms with Crippen LogP contribution in [0.2, 0.25) is 10.0 Å². The Balaban J connectivity index is 1.62. The van der Waals surface area contributed by atoms with Gasteiger partial charge in [-0.15, -0.1) is 0 Å². The number of anilines is 1. The van der Waals surface area contributed by atoms with Crippen molar-refractivity contribution in [3.8, 4) is 0 Å². The van der Waals surface area contributed by atoms with Crippen LogP contribution in [0.1, 0.15) is 5.56 Å². The summed E-state index contributed by atoms with van der Waals surface area (Å²) in [6, 6.07) is 22.2. The summed E-state index contributed by atoms with van der Waals surface area (Å²) in [6.45, 7) is 0.0433. The van der Waals surface area contributed by atoms with Crippen molar-refractivity contribution in [3.05, 3.63) is 94.5 Å². The minimum atomic E-state index is -3.97. The fraction of sp³-hybridized carbons (Fsp3) is 0.174. The van der Waals surface area contributed by atoms with E-state index < -0.39 is 15.9 Å². The highest BCUT2D eigenvalue weighted by Gasteiger charge is 2.28. The maximum atomic E-state index is 13.3. The van der Waals surface area contributed by atoms with Crippen molar-refractivity contribution in [1.82, 2.24) is 5.32 Å². The molecule has 1 N–H and O–H groups in total. The molecule has 0 aromatic heterocycles. The van der Waals surface area contributed by atoms with E-state index in [1.807, 2.05) is 24.3 Å². The maximum absolute atomic E-state index is 13.3. The second-order valence-corrected chi connectivity index (χ2v) is 10.6. The van der Waals surface area contributed by atoms with E-state index >= 15 is 0 Å². The molecule has 1 amide bonds. The highest BCUT2D eigenvalue weighted by molar-refractivity contribution is 7.98. The highest BCUT2D eigenvalue weighted by Crippen LogP contribution is 2.30. The number of amides is 1. The van der Waals surface area contributed by atoms with Gasteiger partial charge in [0.1, 0.15) is 6.54 Å². The van der Waals surface area contributed by atoms with Gasteiger partial charge in [-0.1, -0.05) is 65.7 Å². The monoisotopic (exact) mass is 508 g/mol. The summed E-state index contributed by atoms with van der Waals surface area (Å²) < 4.78 is 27.5. The fourth-order valence-corrected chi connectivity index (χ4v) is 5.59. The minimum Gasteiger partial charge on any atom is -0.354 e. The molecule has 9 heteroatoms. The van der Waals surface area contributed by atoms with Gasteiger partial charge < -0.3 is 5.32 Å². The zero-order valence-electron chi connectivity index (χ0n) is 17.1.